The number of nitrogen functional groups attached to an aromatic ring is 1. The number of anilines is 2. The standard InChI is InChI=1S/C12H11N3O2S2/c1-8-2-3-11(10(14)6-8)19(16,17)15-12-9(7-13)4-5-18-12/h2-6,15H,14H2,1H3. The van der Waals surface area contributed by atoms with Gasteiger partial charge in [-0.1, -0.05) is 6.07 Å². The van der Waals surface area contributed by atoms with Gasteiger partial charge in [0.1, 0.15) is 16.0 Å². The molecule has 1 heterocycles. The number of sulfonamides is 1. The van der Waals surface area contributed by atoms with Crippen molar-refractivity contribution in [2.24, 2.45) is 0 Å². The number of hydrogen-bond donors (Lipinski definition) is 2. The van der Waals surface area contributed by atoms with Gasteiger partial charge in [0, 0.05) is 0 Å². The highest BCUT2D eigenvalue weighted by atomic mass is 32.2. The lowest BCUT2D eigenvalue weighted by molar-refractivity contribution is 0.601. The summed E-state index contributed by atoms with van der Waals surface area (Å²) in [6, 6.07) is 8.20. The van der Waals surface area contributed by atoms with Crippen molar-refractivity contribution in [1.29, 1.82) is 5.26 Å². The third kappa shape index (κ3) is 2.70. The van der Waals surface area contributed by atoms with Crippen LogP contribution in [0.3, 0.4) is 0 Å². The van der Waals surface area contributed by atoms with Crippen molar-refractivity contribution in [3.63, 3.8) is 0 Å². The van der Waals surface area contributed by atoms with E-state index in [9.17, 15) is 8.42 Å². The smallest absolute Gasteiger partial charge is 0.264 e. The van der Waals surface area contributed by atoms with Gasteiger partial charge in [0.2, 0.25) is 0 Å². The van der Waals surface area contributed by atoms with Crippen LogP contribution in [0.1, 0.15) is 11.1 Å². The van der Waals surface area contributed by atoms with Crippen molar-refractivity contribution < 1.29 is 8.42 Å². The fraction of sp³-hybridized carbons (Fsp3) is 0.0833. The third-order valence-corrected chi connectivity index (χ3v) is 4.85. The molecule has 1 aromatic heterocycles. The normalized spacial score (nSPS) is 10.9. The number of nitrogens with two attached hydrogens (primary N) is 1. The van der Waals surface area contributed by atoms with Gasteiger partial charge in [0.05, 0.1) is 11.3 Å². The van der Waals surface area contributed by atoms with Crippen molar-refractivity contribution in [1.82, 2.24) is 0 Å². The molecule has 0 amide bonds. The first-order valence-corrected chi connectivity index (χ1v) is 7.67. The highest BCUT2D eigenvalue weighted by Gasteiger charge is 2.19. The van der Waals surface area contributed by atoms with Crippen LogP contribution in [0.25, 0.3) is 0 Å². The van der Waals surface area contributed by atoms with E-state index in [4.69, 9.17) is 11.0 Å². The summed E-state index contributed by atoms with van der Waals surface area (Å²) in [4.78, 5) is 0.00962. The SMILES string of the molecule is Cc1ccc(S(=O)(=O)Nc2sccc2C#N)c(N)c1. The zero-order valence-corrected chi connectivity index (χ0v) is 11.7. The molecule has 3 N–H and O–H groups in total. The number of hydrogen-bond acceptors (Lipinski definition) is 5. The summed E-state index contributed by atoms with van der Waals surface area (Å²) >= 11 is 1.15. The molecule has 0 aliphatic heterocycles. The van der Waals surface area contributed by atoms with Crippen molar-refractivity contribution >= 4 is 32.0 Å². The molecule has 5 nitrogen and oxygen atoms in total. The Hall–Kier alpha value is -2.04. The average molecular weight is 293 g/mol. The van der Waals surface area contributed by atoms with E-state index < -0.39 is 10.0 Å². The van der Waals surface area contributed by atoms with E-state index in [2.05, 4.69) is 4.72 Å². The van der Waals surface area contributed by atoms with Crippen LogP contribution in [0.2, 0.25) is 0 Å². The Balaban J connectivity index is 2.41. The van der Waals surface area contributed by atoms with Crippen molar-refractivity contribution in [3.05, 3.63) is 40.8 Å². The lowest BCUT2D eigenvalue weighted by Crippen LogP contribution is -2.14. The Labute approximate surface area is 115 Å². The minimum absolute atomic E-state index is 0.00962. The molecule has 0 aliphatic rings. The number of aryl methyl sites for hydroxylation is 1. The van der Waals surface area contributed by atoms with Gasteiger partial charge in [0.15, 0.2) is 0 Å². The summed E-state index contributed by atoms with van der Waals surface area (Å²) < 4.78 is 26.8. The van der Waals surface area contributed by atoms with Crippen LogP contribution in [0, 0.1) is 18.3 Å². The summed E-state index contributed by atoms with van der Waals surface area (Å²) in [6.07, 6.45) is 0. The molecule has 0 atom stereocenters. The van der Waals surface area contributed by atoms with Crippen LogP contribution >= 0.6 is 11.3 Å². The predicted molar refractivity (Wildman–Crippen MR) is 75.4 cm³/mol. The topological polar surface area (TPSA) is 96.0 Å². The second-order valence-electron chi connectivity index (χ2n) is 3.92. The number of nitriles is 1. The zero-order valence-electron chi connectivity index (χ0n) is 10.0. The van der Waals surface area contributed by atoms with E-state index in [1.165, 1.54) is 6.07 Å². The molecule has 2 rings (SSSR count). The fourth-order valence-electron chi connectivity index (χ4n) is 1.57. The molecule has 1 aromatic carbocycles. The quantitative estimate of drug-likeness (QED) is 0.849. The van der Waals surface area contributed by atoms with E-state index in [1.54, 1.807) is 23.6 Å². The monoisotopic (exact) mass is 293 g/mol. The maximum atomic E-state index is 12.2. The zero-order chi connectivity index (χ0) is 14.0. The molecule has 7 heteroatoms. The van der Waals surface area contributed by atoms with Gasteiger partial charge in [-0.15, -0.1) is 11.3 Å². The molecule has 0 bridgehead atoms. The highest BCUT2D eigenvalue weighted by Crippen LogP contribution is 2.27. The average Bonchev–Trinajstić information content (AvgIpc) is 2.74. The molecule has 0 saturated heterocycles. The van der Waals surface area contributed by atoms with Crippen LogP contribution in [0.5, 0.6) is 0 Å². The van der Waals surface area contributed by atoms with Crippen LogP contribution in [-0.4, -0.2) is 8.42 Å². The molecule has 0 unspecified atom stereocenters. The van der Waals surface area contributed by atoms with Crippen molar-refractivity contribution in [2.75, 3.05) is 10.5 Å². The second kappa shape index (κ2) is 4.91. The molecule has 0 fully saturated rings. The fourth-order valence-corrected chi connectivity index (χ4v) is 3.75. The van der Waals surface area contributed by atoms with Gasteiger partial charge in [-0.3, -0.25) is 4.72 Å². The van der Waals surface area contributed by atoms with Gasteiger partial charge in [-0.05, 0) is 36.1 Å². The van der Waals surface area contributed by atoms with Crippen LogP contribution < -0.4 is 10.5 Å². The lowest BCUT2D eigenvalue weighted by Gasteiger charge is -2.09. The Morgan fingerprint density at radius 1 is 1.37 bits per heavy atom. The molecular formula is C12H11N3O2S2. The van der Waals surface area contributed by atoms with Crippen LogP contribution in [0.4, 0.5) is 10.7 Å². The Morgan fingerprint density at radius 2 is 2.11 bits per heavy atom. The number of nitrogens with one attached hydrogen (secondary N) is 1. The van der Waals surface area contributed by atoms with E-state index in [1.807, 2.05) is 13.0 Å². The minimum Gasteiger partial charge on any atom is -0.398 e. The van der Waals surface area contributed by atoms with Crippen molar-refractivity contribution in [2.45, 2.75) is 11.8 Å². The maximum Gasteiger partial charge on any atom is 0.264 e. The van der Waals surface area contributed by atoms with E-state index in [-0.39, 0.29) is 10.6 Å². The molecule has 0 saturated carbocycles. The molecule has 98 valence electrons. The molecule has 19 heavy (non-hydrogen) atoms. The maximum absolute atomic E-state index is 12.2. The van der Waals surface area contributed by atoms with E-state index in [0.29, 0.717) is 10.6 Å². The Bertz CT molecular complexity index is 758. The van der Waals surface area contributed by atoms with E-state index in [0.717, 1.165) is 16.9 Å². The predicted octanol–water partition coefficient (Wildman–Crippen LogP) is 2.31. The summed E-state index contributed by atoms with van der Waals surface area (Å²) in [7, 11) is -3.78. The highest BCUT2D eigenvalue weighted by molar-refractivity contribution is 7.93. The Morgan fingerprint density at radius 3 is 2.74 bits per heavy atom. The van der Waals surface area contributed by atoms with Gasteiger partial charge in [-0.2, -0.15) is 5.26 Å². The van der Waals surface area contributed by atoms with Gasteiger partial charge >= 0.3 is 0 Å². The summed E-state index contributed by atoms with van der Waals surface area (Å²) in [6.45, 7) is 1.83. The van der Waals surface area contributed by atoms with Crippen LogP contribution in [-0.2, 0) is 10.0 Å². The minimum atomic E-state index is -3.78. The number of rotatable bonds is 3. The molecule has 2 aromatic rings. The Kier molecular flexibility index (Phi) is 3.46. The molecule has 0 radical (unpaired) electrons. The molecule has 0 aliphatic carbocycles. The largest absolute Gasteiger partial charge is 0.398 e. The van der Waals surface area contributed by atoms with Gasteiger partial charge in [-0.25, -0.2) is 8.42 Å². The first-order chi connectivity index (χ1) is 8.94. The summed E-state index contributed by atoms with van der Waals surface area (Å²) in [5.74, 6) is 0. The summed E-state index contributed by atoms with van der Waals surface area (Å²) in [5.41, 5.74) is 7.08. The number of nitrogens with zero attached hydrogens (tertiary/aromatic N) is 1. The van der Waals surface area contributed by atoms with E-state index >= 15 is 0 Å². The number of benzene rings is 1. The second-order valence-corrected chi connectivity index (χ2v) is 6.49. The molecular weight excluding hydrogens is 282 g/mol. The van der Waals surface area contributed by atoms with Crippen LogP contribution in [0.15, 0.2) is 34.5 Å². The lowest BCUT2D eigenvalue weighted by atomic mass is 10.2. The number of thiophene rings is 1. The first-order valence-electron chi connectivity index (χ1n) is 5.30. The van der Waals surface area contributed by atoms with Gasteiger partial charge < -0.3 is 5.73 Å². The first kappa shape index (κ1) is 13.4. The van der Waals surface area contributed by atoms with Gasteiger partial charge in [0.25, 0.3) is 10.0 Å². The third-order valence-electron chi connectivity index (χ3n) is 2.47. The van der Waals surface area contributed by atoms with Crippen molar-refractivity contribution in [3.8, 4) is 6.07 Å². The summed E-state index contributed by atoms with van der Waals surface area (Å²) in [5, 5.41) is 10.8. The molecule has 0 spiro atoms.